The van der Waals surface area contributed by atoms with Gasteiger partial charge in [0.2, 0.25) is 5.91 Å². The third-order valence-corrected chi connectivity index (χ3v) is 2.89. The summed E-state index contributed by atoms with van der Waals surface area (Å²) in [6.45, 7) is 3.92. The molecule has 1 rings (SSSR count). The number of ether oxygens (including phenoxy) is 1. The van der Waals surface area contributed by atoms with E-state index < -0.39 is 0 Å². The molecule has 0 fully saturated rings. The molecule has 0 spiro atoms. The van der Waals surface area contributed by atoms with Gasteiger partial charge < -0.3 is 10.1 Å². The van der Waals surface area contributed by atoms with E-state index in [-0.39, 0.29) is 17.9 Å². The predicted molar refractivity (Wildman–Crippen MR) is 73.8 cm³/mol. The average molecular weight is 260 g/mol. The fourth-order valence-electron chi connectivity index (χ4n) is 1.84. The van der Waals surface area contributed by atoms with Crippen LogP contribution in [0.5, 0.6) is 5.75 Å². The average Bonchev–Trinajstić information content (AvgIpc) is 2.36. The molecule has 4 heteroatoms. The molecule has 1 N–H and O–H groups in total. The summed E-state index contributed by atoms with van der Waals surface area (Å²) in [6, 6.07) is 9.74. The number of carbonyl (C=O) groups excluding carboxylic acids is 1. The van der Waals surface area contributed by atoms with Crippen molar-refractivity contribution in [1.29, 1.82) is 5.26 Å². The highest BCUT2D eigenvalue weighted by Crippen LogP contribution is 2.17. The third kappa shape index (κ3) is 5.43. The van der Waals surface area contributed by atoms with Crippen LogP contribution in [0.2, 0.25) is 0 Å². The maximum absolute atomic E-state index is 11.4. The van der Waals surface area contributed by atoms with Gasteiger partial charge in [0.05, 0.1) is 13.2 Å². The maximum Gasteiger partial charge on any atom is 0.234 e. The van der Waals surface area contributed by atoms with Crippen LogP contribution in [-0.4, -0.2) is 18.6 Å². The van der Waals surface area contributed by atoms with Crippen molar-refractivity contribution in [3.8, 4) is 11.8 Å². The van der Waals surface area contributed by atoms with Crippen LogP contribution in [0, 0.1) is 11.3 Å². The number of nitrogens with zero attached hydrogens (tertiary/aromatic N) is 1. The third-order valence-electron chi connectivity index (χ3n) is 2.89. The van der Waals surface area contributed by atoms with Crippen molar-refractivity contribution >= 4 is 5.91 Å². The van der Waals surface area contributed by atoms with Gasteiger partial charge in [-0.1, -0.05) is 12.1 Å². The molecule has 0 saturated carbocycles. The molecule has 0 aliphatic heterocycles. The number of nitrogens with one attached hydrogen (secondary N) is 1. The number of nitriles is 1. The first-order valence-electron chi connectivity index (χ1n) is 6.28. The Kier molecular flexibility index (Phi) is 5.37. The van der Waals surface area contributed by atoms with Gasteiger partial charge in [-0.25, -0.2) is 0 Å². The lowest BCUT2D eigenvalue weighted by Gasteiger charge is -2.26. The molecule has 1 aromatic rings. The minimum Gasteiger partial charge on any atom is -0.497 e. The van der Waals surface area contributed by atoms with Gasteiger partial charge in [-0.2, -0.15) is 5.26 Å². The lowest BCUT2D eigenvalue weighted by atomic mass is 9.95. The van der Waals surface area contributed by atoms with Crippen LogP contribution in [0.4, 0.5) is 0 Å². The minimum absolute atomic E-state index is 0.0947. The van der Waals surface area contributed by atoms with Crippen molar-refractivity contribution < 1.29 is 9.53 Å². The molecule has 0 aromatic heterocycles. The minimum atomic E-state index is -0.322. The molecule has 1 aromatic carbocycles. The van der Waals surface area contributed by atoms with Gasteiger partial charge in [-0.05, 0) is 44.4 Å². The molecular formula is C15H20N2O2. The molecule has 0 unspecified atom stereocenters. The number of benzene rings is 1. The number of carbonyl (C=O) groups is 1. The van der Waals surface area contributed by atoms with Crippen molar-refractivity contribution in [2.24, 2.45) is 0 Å². The molecule has 0 radical (unpaired) electrons. The van der Waals surface area contributed by atoms with E-state index in [9.17, 15) is 4.79 Å². The van der Waals surface area contributed by atoms with Crippen LogP contribution >= 0.6 is 0 Å². The zero-order chi connectivity index (χ0) is 14.3. The van der Waals surface area contributed by atoms with Gasteiger partial charge in [0, 0.05) is 5.54 Å². The van der Waals surface area contributed by atoms with Gasteiger partial charge in [0.1, 0.15) is 12.2 Å². The van der Waals surface area contributed by atoms with Gasteiger partial charge in [0.25, 0.3) is 0 Å². The Labute approximate surface area is 114 Å². The molecule has 0 atom stereocenters. The largest absolute Gasteiger partial charge is 0.497 e. The van der Waals surface area contributed by atoms with E-state index >= 15 is 0 Å². The standard InChI is InChI=1S/C15H20N2O2/c1-15(2,17-14(18)8-10-16)9-7-12-5-4-6-13(11-12)19-3/h4-6,11H,7-9H2,1-3H3,(H,17,18). The van der Waals surface area contributed by atoms with Gasteiger partial charge in [-0.3, -0.25) is 4.79 Å². The molecular weight excluding hydrogens is 240 g/mol. The van der Waals surface area contributed by atoms with Crippen molar-refractivity contribution in [1.82, 2.24) is 5.32 Å². The SMILES string of the molecule is COc1cccc(CCC(C)(C)NC(=O)CC#N)c1. The Morgan fingerprint density at radius 1 is 1.47 bits per heavy atom. The Bertz CT molecular complexity index is 475. The summed E-state index contributed by atoms with van der Waals surface area (Å²) in [5.41, 5.74) is 0.846. The van der Waals surface area contributed by atoms with Crippen LogP contribution < -0.4 is 10.1 Å². The number of methoxy groups -OCH3 is 1. The second-order valence-corrected chi connectivity index (χ2v) is 5.12. The van der Waals surface area contributed by atoms with E-state index in [1.54, 1.807) is 7.11 Å². The lowest BCUT2D eigenvalue weighted by Crippen LogP contribution is -2.43. The van der Waals surface area contributed by atoms with Crippen LogP contribution in [0.3, 0.4) is 0 Å². The molecule has 0 heterocycles. The first-order chi connectivity index (χ1) is 8.96. The van der Waals surface area contributed by atoms with Gasteiger partial charge in [-0.15, -0.1) is 0 Å². The highest BCUT2D eigenvalue weighted by atomic mass is 16.5. The summed E-state index contributed by atoms with van der Waals surface area (Å²) in [7, 11) is 1.64. The molecule has 0 bridgehead atoms. The predicted octanol–water partition coefficient (Wildman–Crippen LogP) is 2.44. The topological polar surface area (TPSA) is 62.1 Å². The highest BCUT2D eigenvalue weighted by Gasteiger charge is 2.19. The van der Waals surface area contributed by atoms with Crippen molar-refractivity contribution in [2.45, 2.75) is 38.6 Å². The second kappa shape index (κ2) is 6.79. The molecule has 0 saturated heterocycles. The molecule has 102 valence electrons. The van der Waals surface area contributed by atoms with Gasteiger partial charge in [0.15, 0.2) is 0 Å². The lowest BCUT2D eigenvalue weighted by molar-refractivity contribution is -0.121. The van der Waals surface area contributed by atoms with Crippen LogP contribution in [0.1, 0.15) is 32.3 Å². The number of rotatable bonds is 6. The summed E-state index contributed by atoms with van der Waals surface area (Å²) in [4.78, 5) is 11.4. The normalized spacial score (nSPS) is 10.6. The first-order valence-corrected chi connectivity index (χ1v) is 6.28. The molecule has 19 heavy (non-hydrogen) atoms. The zero-order valence-electron chi connectivity index (χ0n) is 11.7. The van der Waals surface area contributed by atoms with E-state index in [1.165, 1.54) is 5.56 Å². The molecule has 1 amide bonds. The van der Waals surface area contributed by atoms with Gasteiger partial charge >= 0.3 is 0 Å². The Morgan fingerprint density at radius 3 is 2.84 bits per heavy atom. The van der Waals surface area contributed by atoms with Crippen LogP contribution in [0.25, 0.3) is 0 Å². The summed E-state index contributed by atoms with van der Waals surface area (Å²) >= 11 is 0. The Balaban J connectivity index is 2.54. The van der Waals surface area contributed by atoms with E-state index in [2.05, 4.69) is 5.32 Å². The van der Waals surface area contributed by atoms with Crippen LogP contribution in [0.15, 0.2) is 24.3 Å². The van der Waals surface area contributed by atoms with E-state index in [4.69, 9.17) is 10.00 Å². The van der Waals surface area contributed by atoms with E-state index in [0.29, 0.717) is 0 Å². The summed E-state index contributed by atoms with van der Waals surface area (Å²) in [6.07, 6.45) is 1.55. The quantitative estimate of drug-likeness (QED) is 0.854. The molecule has 4 nitrogen and oxygen atoms in total. The van der Waals surface area contributed by atoms with E-state index in [0.717, 1.165) is 18.6 Å². The van der Waals surface area contributed by atoms with Crippen molar-refractivity contribution in [3.63, 3.8) is 0 Å². The summed E-state index contributed by atoms with van der Waals surface area (Å²) < 4.78 is 5.18. The fourth-order valence-corrected chi connectivity index (χ4v) is 1.84. The second-order valence-electron chi connectivity index (χ2n) is 5.12. The number of amides is 1. The molecule has 0 aliphatic rings. The summed E-state index contributed by atoms with van der Waals surface area (Å²) in [5, 5.41) is 11.3. The van der Waals surface area contributed by atoms with Crippen LogP contribution in [-0.2, 0) is 11.2 Å². The summed E-state index contributed by atoms with van der Waals surface area (Å²) in [5.74, 6) is 0.613. The smallest absolute Gasteiger partial charge is 0.234 e. The zero-order valence-corrected chi connectivity index (χ0v) is 11.7. The highest BCUT2D eigenvalue weighted by molar-refractivity contribution is 5.78. The van der Waals surface area contributed by atoms with Crippen molar-refractivity contribution in [3.05, 3.63) is 29.8 Å². The van der Waals surface area contributed by atoms with E-state index in [1.807, 2.05) is 44.2 Å². The fraction of sp³-hybridized carbons (Fsp3) is 0.467. The number of hydrogen-bond acceptors (Lipinski definition) is 3. The number of aryl methyl sites for hydroxylation is 1. The maximum atomic E-state index is 11.4. The first kappa shape index (κ1) is 15.0. The number of hydrogen-bond donors (Lipinski definition) is 1. The van der Waals surface area contributed by atoms with Crippen molar-refractivity contribution in [2.75, 3.05) is 7.11 Å². The molecule has 0 aliphatic carbocycles. The Morgan fingerprint density at radius 2 is 2.21 bits per heavy atom. The monoisotopic (exact) mass is 260 g/mol. The Hall–Kier alpha value is -2.02.